The number of imidazole rings is 1. The van der Waals surface area contributed by atoms with Gasteiger partial charge in [-0.2, -0.15) is 0 Å². The number of hydrogen-bond acceptors (Lipinski definition) is 6. The molecule has 0 saturated carbocycles. The summed E-state index contributed by atoms with van der Waals surface area (Å²) < 4.78 is 19.5. The second-order valence-corrected chi connectivity index (χ2v) is 9.68. The van der Waals surface area contributed by atoms with Gasteiger partial charge in [0.2, 0.25) is 0 Å². The molecule has 6 rings (SSSR count). The van der Waals surface area contributed by atoms with Crippen LogP contribution in [-0.4, -0.2) is 51.8 Å². The Morgan fingerprint density at radius 3 is 2.75 bits per heavy atom. The Kier molecular flexibility index (Phi) is 7.45. The summed E-state index contributed by atoms with van der Waals surface area (Å²) in [5, 5.41) is 12.0. The number of pyridine rings is 1. The van der Waals surface area contributed by atoms with Gasteiger partial charge in [0.15, 0.2) is 6.29 Å². The van der Waals surface area contributed by atoms with Crippen LogP contribution >= 0.6 is 0 Å². The maximum Gasteiger partial charge on any atom is 0.404 e. The summed E-state index contributed by atoms with van der Waals surface area (Å²) in [7, 11) is 0. The van der Waals surface area contributed by atoms with Crippen molar-refractivity contribution >= 4 is 28.0 Å². The van der Waals surface area contributed by atoms with Crippen molar-refractivity contribution in [2.45, 2.75) is 32.0 Å². The van der Waals surface area contributed by atoms with E-state index in [9.17, 15) is 4.79 Å². The van der Waals surface area contributed by atoms with Crippen LogP contribution in [0.4, 0.5) is 4.79 Å². The maximum absolute atomic E-state index is 10.6. The first-order chi connectivity index (χ1) is 19.6. The van der Waals surface area contributed by atoms with Gasteiger partial charge < -0.3 is 24.6 Å². The van der Waals surface area contributed by atoms with Crippen molar-refractivity contribution in [3.05, 3.63) is 79.1 Å². The molecular weight excluding hydrogens is 508 g/mol. The third-order valence-electron chi connectivity index (χ3n) is 6.91. The zero-order chi connectivity index (χ0) is 27.3. The molecule has 3 heterocycles. The molecule has 204 valence electrons. The van der Waals surface area contributed by atoms with Gasteiger partial charge in [-0.05, 0) is 61.2 Å². The van der Waals surface area contributed by atoms with Crippen molar-refractivity contribution in [1.82, 2.24) is 19.9 Å². The molecule has 1 saturated heterocycles. The first-order valence-corrected chi connectivity index (χ1v) is 13.5. The second kappa shape index (κ2) is 11.6. The predicted octanol–water partition coefficient (Wildman–Crippen LogP) is 6.18. The highest BCUT2D eigenvalue weighted by atomic mass is 16.7. The second-order valence-electron chi connectivity index (χ2n) is 9.68. The van der Waals surface area contributed by atoms with Crippen LogP contribution in [0.1, 0.15) is 25.7 Å². The predicted molar refractivity (Wildman–Crippen MR) is 152 cm³/mol. The average molecular weight is 539 g/mol. The molecule has 0 aliphatic carbocycles. The standard InChI is InChI=1S/C31H30N4O5/c36-31(37)32-16-4-18-38-24-13-14-27-26(19-24)33-20-35(27)28-15-10-22-5-3-6-25(30(22)34-28)21-8-11-23(12-9-21)40-29-7-1-2-17-39-29/h3,5-6,8-15,19-20,29,32H,1-2,4,7,16-18H2,(H,36,37). The van der Waals surface area contributed by atoms with E-state index in [1.165, 1.54) is 0 Å². The first-order valence-electron chi connectivity index (χ1n) is 13.5. The number of benzene rings is 3. The normalized spacial score (nSPS) is 15.2. The van der Waals surface area contributed by atoms with Crippen molar-refractivity contribution in [2.75, 3.05) is 19.8 Å². The molecule has 1 aliphatic heterocycles. The van der Waals surface area contributed by atoms with Gasteiger partial charge in [-0.3, -0.25) is 4.57 Å². The zero-order valence-corrected chi connectivity index (χ0v) is 22.0. The smallest absolute Gasteiger partial charge is 0.404 e. The van der Waals surface area contributed by atoms with Crippen molar-refractivity contribution < 1.29 is 24.1 Å². The summed E-state index contributed by atoms with van der Waals surface area (Å²) >= 11 is 0. The average Bonchev–Trinajstić information content (AvgIpc) is 3.41. The summed E-state index contributed by atoms with van der Waals surface area (Å²) in [4.78, 5) is 20.2. The van der Waals surface area contributed by atoms with Crippen LogP contribution in [0.15, 0.2) is 79.1 Å². The summed E-state index contributed by atoms with van der Waals surface area (Å²) in [6.07, 6.45) is 4.27. The molecule has 0 bridgehead atoms. The van der Waals surface area contributed by atoms with Crippen LogP contribution in [0.5, 0.6) is 11.5 Å². The van der Waals surface area contributed by atoms with Gasteiger partial charge >= 0.3 is 6.09 Å². The lowest BCUT2D eigenvalue weighted by atomic mass is 10.0. The molecule has 5 aromatic rings. The Balaban J connectivity index is 1.22. The highest BCUT2D eigenvalue weighted by molar-refractivity contribution is 5.94. The maximum atomic E-state index is 10.6. The van der Waals surface area contributed by atoms with E-state index in [-0.39, 0.29) is 6.29 Å². The summed E-state index contributed by atoms with van der Waals surface area (Å²) in [6.45, 7) is 1.50. The third kappa shape index (κ3) is 5.69. The summed E-state index contributed by atoms with van der Waals surface area (Å²) in [6, 6.07) is 24.1. The Hall–Kier alpha value is -4.63. The molecule has 9 nitrogen and oxygen atoms in total. The van der Waals surface area contributed by atoms with Crippen molar-refractivity contribution in [2.24, 2.45) is 0 Å². The first kappa shape index (κ1) is 25.6. The lowest BCUT2D eigenvalue weighted by molar-refractivity contribution is -0.105. The van der Waals surface area contributed by atoms with E-state index >= 15 is 0 Å². The highest BCUT2D eigenvalue weighted by Gasteiger charge is 2.16. The highest BCUT2D eigenvalue weighted by Crippen LogP contribution is 2.31. The van der Waals surface area contributed by atoms with Gasteiger partial charge in [-0.25, -0.2) is 14.8 Å². The lowest BCUT2D eigenvalue weighted by Gasteiger charge is -2.23. The molecule has 1 amide bonds. The summed E-state index contributed by atoms with van der Waals surface area (Å²) in [5.74, 6) is 2.25. The summed E-state index contributed by atoms with van der Waals surface area (Å²) in [5.41, 5.74) is 4.70. The molecule has 0 radical (unpaired) electrons. The van der Waals surface area contributed by atoms with Crippen molar-refractivity contribution in [3.8, 4) is 28.4 Å². The van der Waals surface area contributed by atoms with E-state index in [4.69, 9.17) is 24.3 Å². The largest absolute Gasteiger partial charge is 0.493 e. The van der Waals surface area contributed by atoms with Gasteiger partial charge in [0.25, 0.3) is 0 Å². The van der Waals surface area contributed by atoms with Gasteiger partial charge in [0.1, 0.15) is 23.6 Å². The fourth-order valence-electron chi connectivity index (χ4n) is 4.90. The SMILES string of the molecule is O=C(O)NCCCOc1ccc2c(c1)ncn2-c1ccc2cccc(-c3ccc(OC4CCCCO4)cc3)c2n1. The molecule has 40 heavy (non-hydrogen) atoms. The number of para-hydroxylation sites is 1. The van der Waals surface area contributed by atoms with Crippen LogP contribution < -0.4 is 14.8 Å². The van der Waals surface area contributed by atoms with Gasteiger partial charge in [0, 0.05) is 30.0 Å². The number of carbonyl (C=O) groups is 1. The topological polar surface area (TPSA) is 108 Å². The van der Waals surface area contributed by atoms with E-state index in [1.54, 1.807) is 6.33 Å². The molecular formula is C31H30N4O5. The van der Waals surface area contributed by atoms with Gasteiger partial charge in [-0.1, -0.05) is 30.3 Å². The fraction of sp³-hybridized carbons (Fsp3) is 0.258. The van der Waals surface area contributed by atoms with Crippen LogP contribution in [-0.2, 0) is 4.74 Å². The monoisotopic (exact) mass is 538 g/mol. The number of fused-ring (bicyclic) bond motifs is 2. The Bertz CT molecular complexity index is 1630. The minimum atomic E-state index is -1.03. The number of aromatic nitrogens is 3. The lowest BCUT2D eigenvalue weighted by Crippen LogP contribution is -2.24. The molecule has 1 atom stereocenters. The molecule has 9 heteroatoms. The number of amides is 1. The number of carboxylic acid groups (broad SMARTS) is 1. The molecule has 2 aromatic heterocycles. The number of nitrogens with one attached hydrogen (secondary N) is 1. The molecule has 2 N–H and O–H groups in total. The quantitative estimate of drug-likeness (QED) is 0.216. The van der Waals surface area contributed by atoms with Crippen molar-refractivity contribution in [1.29, 1.82) is 0 Å². The van der Waals surface area contributed by atoms with E-state index < -0.39 is 6.09 Å². The van der Waals surface area contributed by atoms with E-state index in [0.717, 1.165) is 70.5 Å². The molecule has 1 unspecified atom stereocenters. The number of hydrogen-bond donors (Lipinski definition) is 2. The van der Waals surface area contributed by atoms with Gasteiger partial charge in [0.05, 0.1) is 29.8 Å². The van der Waals surface area contributed by atoms with Crippen molar-refractivity contribution in [3.63, 3.8) is 0 Å². The van der Waals surface area contributed by atoms with Crippen LogP contribution in [0.2, 0.25) is 0 Å². The van der Waals surface area contributed by atoms with E-state index in [2.05, 4.69) is 40.6 Å². The zero-order valence-electron chi connectivity index (χ0n) is 22.0. The minimum Gasteiger partial charge on any atom is -0.493 e. The number of ether oxygens (including phenoxy) is 3. The molecule has 1 aliphatic rings. The van der Waals surface area contributed by atoms with Crippen LogP contribution in [0.25, 0.3) is 38.9 Å². The Morgan fingerprint density at radius 1 is 1.05 bits per heavy atom. The minimum absolute atomic E-state index is 0.171. The van der Waals surface area contributed by atoms with E-state index in [1.807, 2.05) is 47.0 Å². The molecule has 1 fully saturated rings. The third-order valence-corrected chi connectivity index (χ3v) is 6.91. The van der Waals surface area contributed by atoms with Gasteiger partial charge in [-0.15, -0.1) is 0 Å². The Labute approximate surface area is 231 Å². The number of rotatable bonds is 9. The van der Waals surface area contributed by atoms with E-state index in [0.29, 0.717) is 25.3 Å². The Morgan fingerprint density at radius 2 is 1.93 bits per heavy atom. The van der Waals surface area contributed by atoms with Crippen LogP contribution in [0, 0.1) is 0 Å². The molecule has 0 spiro atoms. The van der Waals surface area contributed by atoms with Crippen LogP contribution in [0.3, 0.4) is 0 Å². The number of nitrogens with zero attached hydrogens (tertiary/aromatic N) is 3. The molecule has 3 aromatic carbocycles. The fourth-order valence-corrected chi connectivity index (χ4v) is 4.90.